The summed E-state index contributed by atoms with van der Waals surface area (Å²) in [6.45, 7) is 7.75. The maximum absolute atomic E-state index is 11.7. The summed E-state index contributed by atoms with van der Waals surface area (Å²) in [6.07, 6.45) is 3.15. The maximum Gasteiger partial charge on any atom is 0.320 e. The van der Waals surface area contributed by atoms with Gasteiger partial charge in [-0.1, -0.05) is 6.07 Å². The lowest BCUT2D eigenvalue weighted by molar-refractivity contribution is -0.0679. The molecule has 2 rings (SSSR count). The average Bonchev–Trinajstić information content (AvgIpc) is 2.44. The summed E-state index contributed by atoms with van der Waals surface area (Å²) in [7, 11) is 0. The number of nitrogens with zero attached hydrogens (tertiary/aromatic N) is 2. The molecule has 1 aliphatic rings. The molecule has 1 aliphatic heterocycles. The van der Waals surface area contributed by atoms with E-state index in [1.807, 2.05) is 12.1 Å². The minimum absolute atomic E-state index is 0.211. The number of pyridine rings is 1. The quantitative estimate of drug-likeness (QED) is 0.811. The summed E-state index contributed by atoms with van der Waals surface area (Å²) < 4.78 is 5.70. The molecule has 0 radical (unpaired) electrons. The Morgan fingerprint density at radius 1 is 1.38 bits per heavy atom. The van der Waals surface area contributed by atoms with E-state index in [-0.39, 0.29) is 18.2 Å². The van der Waals surface area contributed by atoms with Crippen LogP contribution >= 0.6 is 0 Å². The highest BCUT2D eigenvalue weighted by Gasteiger charge is 2.21. The molecule has 1 aromatic heterocycles. The number of aromatic nitrogens is 1. The highest BCUT2D eigenvalue weighted by atomic mass is 16.5. The number of urea groups is 1. The Labute approximate surface area is 125 Å². The van der Waals surface area contributed by atoms with Gasteiger partial charge in [-0.2, -0.15) is 0 Å². The fourth-order valence-electron chi connectivity index (χ4n) is 2.57. The van der Waals surface area contributed by atoms with Crippen molar-refractivity contribution in [3.05, 3.63) is 24.4 Å². The first-order valence-corrected chi connectivity index (χ1v) is 7.47. The Morgan fingerprint density at radius 3 is 2.81 bits per heavy atom. The van der Waals surface area contributed by atoms with Crippen molar-refractivity contribution < 1.29 is 9.53 Å². The van der Waals surface area contributed by atoms with Crippen molar-refractivity contribution >= 4 is 11.8 Å². The fourth-order valence-corrected chi connectivity index (χ4v) is 2.57. The van der Waals surface area contributed by atoms with Crippen molar-refractivity contribution in [1.82, 2.24) is 15.2 Å². The summed E-state index contributed by atoms with van der Waals surface area (Å²) in [6, 6.07) is 5.20. The number of nitrogens with one attached hydrogen (secondary N) is 2. The van der Waals surface area contributed by atoms with Crippen LogP contribution in [0.5, 0.6) is 0 Å². The van der Waals surface area contributed by atoms with Crippen LogP contribution in [0.25, 0.3) is 0 Å². The fraction of sp³-hybridized carbons (Fsp3) is 0.600. The summed E-state index contributed by atoms with van der Waals surface area (Å²) in [4.78, 5) is 18.1. The van der Waals surface area contributed by atoms with Crippen molar-refractivity contribution in [1.29, 1.82) is 0 Å². The summed E-state index contributed by atoms with van der Waals surface area (Å²) >= 11 is 0. The molecule has 1 saturated heterocycles. The Bertz CT molecular complexity index is 431. The van der Waals surface area contributed by atoms with Gasteiger partial charge in [-0.25, -0.2) is 9.78 Å². The van der Waals surface area contributed by atoms with Crippen LogP contribution in [0.15, 0.2) is 24.4 Å². The zero-order chi connectivity index (χ0) is 15.1. The lowest BCUT2D eigenvalue weighted by Crippen LogP contribution is -2.46. The molecule has 6 nitrogen and oxygen atoms in total. The SMILES string of the molecule is C[C@@H]1CN(CCCNC(=O)Nc2ccccn2)C[C@@H](C)O1. The van der Waals surface area contributed by atoms with Gasteiger partial charge in [0.15, 0.2) is 0 Å². The van der Waals surface area contributed by atoms with Crippen LogP contribution in [0, 0.1) is 0 Å². The van der Waals surface area contributed by atoms with E-state index in [1.54, 1.807) is 12.3 Å². The molecule has 0 saturated carbocycles. The van der Waals surface area contributed by atoms with Crippen LogP contribution in [-0.2, 0) is 4.74 Å². The molecular formula is C15H24N4O2. The van der Waals surface area contributed by atoms with Gasteiger partial charge in [0, 0.05) is 32.4 Å². The first-order chi connectivity index (χ1) is 10.1. The monoisotopic (exact) mass is 292 g/mol. The summed E-state index contributed by atoms with van der Waals surface area (Å²) in [5, 5.41) is 5.54. The number of hydrogen-bond donors (Lipinski definition) is 2. The molecule has 6 heteroatoms. The molecule has 0 bridgehead atoms. The lowest BCUT2D eigenvalue weighted by Gasteiger charge is -2.35. The molecule has 2 N–H and O–H groups in total. The molecule has 1 aromatic rings. The minimum atomic E-state index is -0.211. The van der Waals surface area contributed by atoms with E-state index < -0.39 is 0 Å². The number of hydrogen-bond acceptors (Lipinski definition) is 4. The summed E-state index contributed by atoms with van der Waals surface area (Å²) in [5.41, 5.74) is 0. The number of rotatable bonds is 5. The highest BCUT2D eigenvalue weighted by Crippen LogP contribution is 2.10. The molecule has 1 fully saturated rings. The molecule has 0 unspecified atom stereocenters. The van der Waals surface area contributed by atoms with Gasteiger partial charge < -0.3 is 10.1 Å². The standard InChI is InChI=1S/C15H24N4O2/c1-12-10-19(11-13(2)21-12)9-5-8-17-15(20)18-14-6-3-4-7-16-14/h3-4,6-7,12-13H,5,8-11H2,1-2H3,(H2,16,17,18,20)/t12-,13-/m1/s1. The number of ether oxygens (including phenoxy) is 1. The van der Waals surface area contributed by atoms with Crippen molar-refractivity contribution in [2.24, 2.45) is 0 Å². The molecule has 0 aromatic carbocycles. The number of carbonyl (C=O) groups is 1. The Hall–Kier alpha value is -1.66. The average molecular weight is 292 g/mol. The lowest BCUT2D eigenvalue weighted by atomic mass is 10.2. The van der Waals surface area contributed by atoms with Gasteiger partial charge in [0.1, 0.15) is 5.82 Å². The van der Waals surface area contributed by atoms with Gasteiger partial charge in [-0.3, -0.25) is 10.2 Å². The Kier molecular flexibility index (Phi) is 5.95. The van der Waals surface area contributed by atoms with Gasteiger partial charge >= 0.3 is 6.03 Å². The van der Waals surface area contributed by atoms with Crippen molar-refractivity contribution in [3.8, 4) is 0 Å². The smallest absolute Gasteiger partial charge is 0.320 e. The minimum Gasteiger partial charge on any atom is -0.373 e. The maximum atomic E-state index is 11.7. The van der Waals surface area contributed by atoms with E-state index in [2.05, 4.69) is 34.4 Å². The second kappa shape index (κ2) is 7.95. The van der Waals surface area contributed by atoms with E-state index in [9.17, 15) is 4.79 Å². The van der Waals surface area contributed by atoms with Crippen molar-refractivity contribution in [2.45, 2.75) is 32.5 Å². The molecular weight excluding hydrogens is 268 g/mol. The van der Waals surface area contributed by atoms with Crippen LogP contribution < -0.4 is 10.6 Å². The molecule has 21 heavy (non-hydrogen) atoms. The van der Waals surface area contributed by atoms with Gasteiger partial charge in [0.2, 0.25) is 0 Å². The van der Waals surface area contributed by atoms with E-state index in [4.69, 9.17) is 4.74 Å². The predicted molar refractivity (Wildman–Crippen MR) is 82.3 cm³/mol. The highest BCUT2D eigenvalue weighted by molar-refractivity contribution is 5.88. The Morgan fingerprint density at radius 2 is 2.14 bits per heavy atom. The van der Waals surface area contributed by atoms with Crippen molar-refractivity contribution in [3.63, 3.8) is 0 Å². The van der Waals surface area contributed by atoms with E-state index in [1.165, 1.54) is 0 Å². The molecule has 116 valence electrons. The predicted octanol–water partition coefficient (Wildman–Crippen LogP) is 1.70. The van der Waals surface area contributed by atoms with Crippen LogP contribution in [-0.4, -0.2) is 54.3 Å². The first-order valence-electron chi connectivity index (χ1n) is 7.47. The molecule has 2 amide bonds. The van der Waals surface area contributed by atoms with Gasteiger partial charge in [0.25, 0.3) is 0 Å². The Balaban J connectivity index is 1.60. The molecule has 2 heterocycles. The van der Waals surface area contributed by atoms with Crippen molar-refractivity contribution in [2.75, 3.05) is 31.5 Å². The zero-order valence-electron chi connectivity index (χ0n) is 12.7. The summed E-state index contributed by atoms with van der Waals surface area (Å²) in [5.74, 6) is 0.561. The third kappa shape index (κ3) is 5.69. The molecule has 2 atom stereocenters. The molecule has 0 spiro atoms. The third-order valence-electron chi connectivity index (χ3n) is 3.34. The second-order valence-corrected chi connectivity index (χ2v) is 5.47. The second-order valence-electron chi connectivity index (χ2n) is 5.47. The normalized spacial score (nSPS) is 22.8. The van der Waals surface area contributed by atoms with Gasteiger partial charge in [0.05, 0.1) is 12.2 Å². The van der Waals surface area contributed by atoms with E-state index in [0.717, 1.165) is 26.1 Å². The number of carbonyl (C=O) groups excluding carboxylic acids is 1. The topological polar surface area (TPSA) is 66.5 Å². The number of anilines is 1. The van der Waals surface area contributed by atoms with Crippen LogP contribution in [0.3, 0.4) is 0 Å². The van der Waals surface area contributed by atoms with Crippen LogP contribution in [0.1, 0.15) is 20.3 Å². The third-order valence-corrected chi connectivity index (χ3v) is 3.34. The van der Waals surface area contributed by atoms with Crippen LogP contribution in [0.4, 0.5) is 10.6 Å². The zero-order valence-corrected chi connectivity index (χ0v) is 12.7. The van der Waals surface area contributed by atoms with Gasteiger partial charge in [-0.05, 0) is 32.4 Å². The number of morpholine rings is 1. The van der Waals surface area contributed by atoms with E-state index >= 15 is 0 Å². The number of amides is 2. The van der Waals surface area contributed by atoms with Crippen LogP contribution in [0.2, 0.25) is 0 Å². The first kappa shape index (κ1) is 15.7. The van der Waals surface area contributed by atoms with E-state index in [0.29, 0.717) is 12.4 Å². The largest absolute Gasteiger partial charge is 0.373 e. The van der Waals surface area contributed by atoms with Gasteiger partial charge in [-0.15, -0.1) is 0 Å². The molecule has 0 aliphatic carbocycles.